The van der Waals surface area contributed by atoms with Crippen LogP contribution in [0.1, 0.15) is 31.4 Å². The number of hydrogen-bond acceptors (Lipinski definition) is 3. The molecule has 1 heterocycles. The lowest BCUT2D eigenvalue weighted by molar-refractivity contribution is 0.181. The van der Waals surface area contributed by atoms with Crippen LogP contribution < -0.4 is 10.1 Å². The van der Waals surface area contributed by atoms with Crippen molar-refractivity contribution in [2.45, 2.75) is 25.8 Å². The largest absolute Gasteiger partial charge is 0.494 e. The zero-order chi connectivity index (χ0) is 13.7. The summed E-state index contributed by atoms with van der Waals surface area (Å²) in [6.45, 7) is 4.46. The molecule has 0 bridgehead atoms. The molecule has 1 aromatic carbocycles. The molecule has 3 nitrogen and oxygen atoms in total. The Bertz CT molecular complexity index is 405. The first-order chi connectivity index (χ1) is 9.26. The van der Waals surface area contributed by atoms with Crippen LogP contribution in [0.4, 0.5) is 4.39 Å². The van der Waals surface area contributed by atoms with Gasteiger partial charge in [-0.3, -0.25) is 0 Å². The van der Waals surface area contributed by atoms with Gasteiger partial charge in [-0.2, -0.15) is 0 Å². The van der Waals surface area contributed by atoms with Crippen molar-refractivity contribution in [2.75, 3.05) is 26.9 Å². The lowest BCUT2D eigenvalue weighted by Gasteiger charge is -2.22. The number of ether oxygens (including phenoxy) is 2. The highest BCUT2D eigenvalue weighted by Gasteiger charge is 2.24. The Kier molecular flexibility index (Phi) is 5.16. The fraction of sp³-hybridized carbons (Fsp3) is 0.600. The van der Waals surface area contributed by atoms with E-state index in [0.717, 1.165) is 32.6 Å². The van der Waals surface area contributed by atoms with Gasteiger partial charge in [-0.05, 0) is 31.4 Å². The minimum Gasteiger partial charge on any atom is -0.494 e. The average Bonchev–Trinajstić information content (AvgIpc) is 2.91. The normalized spacial score (nSPS) is 20.5. The molecule has 1 aromatic rings. The minimum absolute atomic E-state index is 0.0202. The number of nitrogens with one attached hydrogen (secondary N) is 1. The first kappa shape index (κ1) is 14.3. The van der Waals surface area contributed by atoms with E-state index in [9.17, 15) is 4.39 Å². The third-order valence-electron chi connectivity index (χ3n) is 3.63. The van der Waals surface area contributed by atoms with Gasteiger partial charge in [-0.15, -0.1) is 0 Å². The first-order valence-corrected chi connectivity index (χ1v) is 6.89. The molecule has 0 radical (unpaired) electrons. The highest BCUT2D eigenvalue weighted by molar-refractivity contribution is 5.33. The van der Waals surface area contributed by atoms with E-state index in [1.807, 2.05) is 19.1 Å². The summed E-state index contributed by atoms with van der Waals surface area (Å²) in [5.41, 5.74) is 0.688. The van der Waals surface area contributed by atoms with Crippen molar-refractivity contribution in [1.29, 1.82) is 0 Å². The Morgan fingerprint density at radius 1 is 1.53 bits per heavy atom. The lowest BCUT2D eigenvalue weighted by atomic mass is 9.93. The molecule has 106 valence electrons. The van der Waals surface area contributed by atoms with Gasteiger partial charge in [0, 0.05) is 24.8 Å². The molecule has 0 aromatic heterocycles. The van der Waals surface area contributed by atoms with Crippen LogP contribution in [0.5, 0.6) is 5.75 Å². The van der Waals surface area contributed by atoms with Gasteiger partial charge in [0.2, 0.25) is 0 Å². The van der Waals surface area contributed by atoms with Crippen molar-refractivity contribution < 1.29 is 13.9 Å². The maximum absolute atomic E-state index is 14.3. The van der Waals surface area contributed by atoms with Gasteiger partial charge < -0.3 is 14.8 Å². The number of rotatable bonds is 6. The fourth-order valence-electron chi connectivity index (χ4n) is 2.62. The van der Waals surface area contributed by atoms with E-state index in [2.05, 4.69) is 5.32 Å². The van der Waals surface area contributed by atoms with Gasteiger partial charge in [0.05, 0.1) is 7.11 Å². The van der Waals surface area contributed by atoms with Crippen LogP contribution in [-0.2, 0) is 4.74 Å². The molecule has 4 heteroatoms. The summed E-state index contributed by atoms with van der Waals surface area (Å²) in [5, 5.41) is 3.37. The van der Waals surface area contributed by atoms with Gasteiger partial charge in [-0.1, -0.05) is 19.1 Å². The molecule has 1 fully saturated rings. The molecular formula is C15H22FNO2. The second-order valence-corrected chi connectivity index (χ2v) is 4.94. The van der Waals surface area contributed by atoms with Crippen LogP contribution in [0.3, 0.4) is 0 Å². The molecule has 0 saturated carbocycles. The summed E-state index contributed by atoms with van der Waals surface area (Å²) in [5.74, 6) is 0.563. The van der Waals surface area contributed by atoms with Crippen LogP contribution in [-0.4, -0.2) is 26.9 Å². The molecule has 0 spiro atoms. The van der Waals surface area contributed by atoms with E-state index in [4.69, 9.17) is 9.47 Å². The Hall–Kier alpha value is -1.13. The number of hydrogen-bond donors (Lipinski definition) is 1. The van der Waals surface area contributed by atoms with Crippen LogP contribution in [0.15, 0.2) is 18.2 Å². The molecule has 19 heavy (non-hydrogen) atoms. The molecule has 1 saturated heterocycles. The third kappa shape index (κ3) is 3.45. The number of benzene rings is 1. The molecular weight excluding hydrogens is 245 g/mol. The van der Waals surface area contributed by atoms with Gasteiger partial charge in [0.25, 0.3) is 0 Å². The standard InChI is InChI=1S/C15H22FNO2/c1-3-17-13(9-11-7-8-19-10-11)12-5-4-6-14(18-2)15(12)16/h4-6,11,13,17H,3,7-10H2,1-2H3. The summed E-state index contributed by atoms with van der Waals surface area (Å²) >= 11 is 0. The van der Waals surface area contributed by atoms with Crippen molar-refractivity contribution in [3.8, 4) is 5.75 Å². The van der Waals surface area contributed by atoms with Crippen LogP contribution in [0.25, 0.3) is 0 Å². The molecule has 1 aliphatic heterocycles. The van der Waals surface area contributed by atoms with E-state index in [0.29, 0.717) is 17.2 Å². The summed E-state index contributed by atoms with van der Waals surface area (Å²) < 4.78 is 24.8. The van der Waals surface area contributed by atoms with E-state index >= 15 is 0 Å². The van der Waals surface area contributed by atoms with Gasteiger partial charge in [0.15, 0.2) is 11.6 Å². The molecule has 1 aliphatic rings. The topological polar surface area (TPSA) is 30.5 Å². The van der Waals surface area contributed by atoms with Crippen molar-refractivity contribution in [3.05, 3.63) is 29.6 Å². The quantitative estimate of drug-likeness (QED) is 0.859. The van der Waals surface area contributed by atoms with Crippen molar-refractivity contribution >= 4 is 0 Å². The van der Waals surface area contributed by atoms with E-state index in [1.165, 1.54) is 7.11 Å². The van der Waals surface area contributed by atoms with E-state index in [1.54, 1.807) is 6.07 Å². The Morgan fingerprint density at radius 3 is 3.00 bits per heavy atom. The Balaban J connectivity index is 2.17. The molecule has 1 N–H and O–H groups in total. The van der Waals surface area contributed by atoms with Crippen LogP contribution in [0, 0.1) is 11.7 Å². The predicted molar refractivity (Wildman–Crippen MR) is 72.9 cm³/mol. The number of methoxy groups -OCH3 is 1. The Labute approximate surface area is 114 Å². The molecule has 0 aliphatic carbocycles. The predicted octanol–water partition coefficient (Wildman–Crippen LogP) is 2.91. The fourth-order valence-corrected chi connectivity index (χ4v) is 2.62. The highest BCUT2D eigenvalue weighted by atomic mass is 19.1. The highest BCUT2D eigenvalue weighted by Crippen LogP contribution is 2.31. The summed E-state index contributed by atoms with van der Waals surface area (Å²) in [4.78, 5) is 0. The monoisotopic (exact) mass is 267 g/mol. The SMILES string of the molecule is CCNC(CC1CCOC1)c1cccc(OC)c1F. The van der Waals surface area contributed by atoms with Crippen molar-refractivity contribution in [3.63, 3.8) is 0 Å². The second-order valence-electron chi connectivity index (χ2n) is 4.94. The molecule has 2 rings (SSSR count). The van der Waals surface area contributed by atoms with Crippen molar-refractivity contribution in [1.82, 2.24) is 5.32 Å². The molecule has 0 amide bonds. The summed E-state index contributed by atoms with van der Waals surface area (Å²) in [6.07, 6.45) is 1.96. The summed E-state index contributed by atoms with van der Waals surface area (Å²) in [6, 6.07) is 5.35. The zero-order valence-electron chi connectivity index (χ0n) is 11.6. The maximum Gasteiger partial charge on any atom is 0.169 e. The smallest absolute Gasteiger partial charge is 0.169 e. The van der Waals surface area contributed by atoms with Crippen LogP contribution in [0.2, 0.25) is 0 Å². The van der Waals surface area contributed by atoms with Gasteiger partial charge >= 0.3 is 0 Å². The van der Waals surface area contributed by atoms with Crippen LogP contribution >= 0.6 is 0 Å². The summed E-state index contributed by atoms with van der Waals surface area (Å²) in [7, 11) is 1.50. The number of halogens is 1. The van der Waals surface area contributed by atoms with Gasteiger partial charge in [0.1, 0.15) is 0 Å². The zero-order valence-corrected chi connectivity index (χ0v) is 11.6. The first-order valence-electron chi connectivity index (χ1n) is 6.89. The average molecular weight is 267 g/mol. The van der Waals surface area contributed by atoms with Crippen molar-refractivity contribution in [2.24, 2.45) is 5.92 Å². The molecule has 2 unspecified atom stereocenters. The Morgan fingerprint density at radius 2 is 2.37 bits per heavy atom. The van der Waals surface area contributed by atoms with E-state index < -0.39 is 0 Å². The minimum atomic E-state index is -0.255. The maximum atomic E-state index is 14.3. The third-order valence-corrected chi connectivity index (χ3v) is 3.63. The van der Waals surface area contributed by atoms with Gasteiger partial charge in [-0.25, -0.2) is 4.39 Å². The van der Waals surface area contributed by atoms with E-state index in [-0.39, 0.29) is 11.9 Å². The second kappa shape index (κ2) is 6.87. The lowest BCUT2D eigenvalue weighted by Crippen LogP contribution is -2.24. The molecule has 2 atom stereocenters.